The third-order valence-corrected chi connectivity index (χ3v) is 3.95. The van der Waals surface area contributed by atoms with Gasteiger partial charge in [0.05, 0.1) is 18.2 Å². The zero-order chi connectivity index (χ0) is 18.2. The lowest BCUT2D eigenvalue weighted by Gasteiger charge is -2.15. The van der Waals surface area contributed by atoms with E-state index in [0.29, 0.717) is 46.0 Å². The highest BCUT2D eigenvalue weighted by molar-refractivity contribution is 6.33. The quantitative estimate of drug-likeness (QED) is 0.585. The number of amides is 1. The Hall–Kier alpha value is -1.91. The average molecular weight is 382 g/mol. The molecule has 0 fully saturated rings. The third-order valence-electron chi connectivity index (χ3n) is 3.42. The van der Waals surface area contributed by atoms with Gasteiger partial charge in [-0.2, -0.15) is 0 Å². The summed E-state index contributed by atoms with van der Waals surface area (Å²) < 4.78 is 11.3. The number of unbranched alkanes of at least 4 members (excludes halogenated alkanes) is 1. The minimum Gasteiger partial charge on any atom is -0.490 e. The molecule has 134 valence electrons. The van der Waals surface area contributed by atoms with Crippen LogP contribution in [-0.2, 0) is 0 Å². The summed E-state index contributed by atoms with van der Waals surface area (Å²) in [5.41, 5.74) is 1.04. The summed E-state index contributed by atoms with van der Waals surface area (Å²) in [4.78, 5) is 12.5. The third kappa shape index (κ3) is 5.55. The molecule has 0 heterocycles. The average Bonchev–Trinajstić information content (AvgIpc) is 2.59. The van der Waals surface area contributed by atoms with Gasteiger partial charge < -0.3 is 14.8 Å². The fourth-order valence-corrected chi connectivity index (χ4v) is 2.55. The first-order chi connectivity index (χ1) is 12.0. The molecule has 2 aromatic carbocycles. The van der Waals surface area contributed by atoms with Gasteiger partial charge in [-0.05, 0) is 49.7 Å². The van der Waals surface area contributed by atoms with Crippen molar-refractivity contribution in [3.05, 3.63) is 52.0 Å². The molecule has 0 saturated carbocycles. The van der Waals surface area contributed by atoms with Crippen molar-refractivity contribution in [1.29, 1.82) is 0 Å². The molecule has 0 saturated heterocycles. The summed E-state index contributed by atoms with van der Waals surface area (Å²) in [6.07, 6.45) is 1.93. The summed E-state index contributed by atoms with van der Waals surface area (Å²) in [6, 6.07) is 10.1. The van der Waals surface area contributed by atoms with E-state index < -0.39 is 0 Å². The molecule has 0 bridgehead atoms. The second kappa shape index (κ2) is 9.54. The van der Waals surface area contributed by atoms with Crippen LogP contribution in [0.2, 0.25) is 10.0 Å². The van der Waals surface area contributed by atoms with Crippen molar-refractivity contribution in [3.8, 4) is 11.5 Å². The molecule has 1 N–H and O–H groups in total. The lowest BCUT2D eigenvalue weighted by molar-refractivity contribution is 0.102. The van der Waals surface area contributed by atoms with Crippen LogP contribution in [0.15, 0.2) is 36.4 Å². The van der Waals surface area contributed by atoms with Crippen LogP contribution in [0, 0.1) is 0 Å². The van der Waals surface area contributed by atoms with Gasteiger partial charge in [0.2, 0.25) is 0 Å². The van der Waals surface area contributed by atoms with Gasteiger partial charge in [-0.15, -0.1) is 0 Å². The van der Waals surface area contributed by atoms with E-state index in [0.717, 1.165) is 12.8 Å². The second-order valence-corrected chi connectivity index (χ2v) is 6.23. The number of hydrogen-bond donors (Lipinski definition) is 1. The summed E-state index contributed by atoms with van der Waals surface area (Å²) in [5.74, 6) is 0.651. The summed E-state index contributed by atoms with van der Waals surface area (Å²) >= 11 is 12.2. The van der Waals surface area contributed by atoms with Gasteiger partial charge in [-0.25, -0.2) is 0 Å². The lowest BCUT2D eigenvalue weighted by Crippen LogP contribution is -2.12. The molecule has 2 aromatic rings. The van der Waals surface area contributed by atoms with E-state index in [-0.39, 0.29) is 5.91 Å². The van der Waals surface area contributed by atoms with E-state index in [2.05, 4.69) is 12.2 Å². The van der Waals surface area contributed by atoms with Crippen LogP contribution in [0.5, 0.6) is 11.5 Å². The Balaban J connectivity index is 2.22. The standard InChI is InChI=1S/C19H21Cl2NO3/c1-3-5-10-25-18-16(21)11-13(12-17(18)24-4-2)19(23)22-15-8-6-14(20)7-9-15/h6-9,11-12H,3-5,10H2,1-2H3,(H,22,23). The Morgan fingerprint density at radius 3 is 2.44 bits per heavy atom. The molecule has 0 spiro atoms. The highest BCUT2D eigenvalue weighted by atomic mass is 35.5. The highest BCUT2D eigenvalue weighted by Crippen LogP contribution is 2.37. The zero-order valence-corrected chi connectivity index (χ0v) is 15.8. The molecule has 0 aliphatic heterocycles. The van der Waals surface area contributed by atoms with Crippen LogP contribution in [0.3, 0.4) is 0 Å². The number of halogens is 2. The number of carbonyl (C=O) groups is 1. The number of rotatable bonds is 8. The minimum atomic E-state index is -0.287. The highest BCUT2D eigenvalue weighted by Gasteiger charge is 2.16. The topological polar surface area (TPSA) is 47.6 Å². The maximum atomic E-state index is 12.5. The molecule has 4 nitrogen and oxygen atoms in total. The molecule has 25 heavy (non-hydrogen) atoms. The second-order valence-electron chi connectivity index (χ2n) is 5.38. The predicted octanol–water partition coefficient (Wildman–Crippen LogP) is 5.82. The van der Waals surface area contributed by atoms with E-state index >= 15 is 0 Å². The number of benzene rings is 2. The molecule has 0 aliphatic rings. The smallest absolute Gasteiger partial charge is 0.255 e. The van der Waals surface area contributed by atoms with Crippen LogP contribution >= 0.6 is 23.2 Å². The van der Waals surface area contributed by atoms with Crippen LogP contribution in [0.25, 0.3) is 0 Å². The molecular formula is C19H21Cl2NO3. The number of hydrogen-bond acceptors (Lipinski definition) is 3. The van der Waals surface area contributed by atoms with E-state index in [1.807, 2.05) is 6.92 Å². The van der Waals surface area contributed by atoms with Crippen LogP contribution in [0.4, 0.5) is 5.69 Å². The van der Waals surface area contributed by atoms with Crippen LogP contribution in [-0.4, -0.2) is 19.1 Å². The van der Waals surface area contributed by atoms with E-state index in [4.69, 9.17) is 32.7 Å². The zero-order valence-electron chi connectivity index (χ0n) is 14.3. The number of carbonyl (C=O) groups excluding carboxylic acids is 1. The van der Waals surface area contributed by atoms with Gasteiger partial charge in [0.15, 0.2) is 11.5 Å². The minimum absolute atomic E-state index is 0.287. The summed E-state index contributed by atoms with van der Waals surface area (Å²) in [5, 5.41) is 3.76. The van der Waals surface area contributed by atoms with Gasteiger partial charge in [-0.1, -0.05) is 36.5 Å². The van der Waals surface area contributed by atoms with Crippen molar-refractivity contribution in [3.63, 3.8) is 0 Å². The predicted molar refractivity (Wildman–Crippen MR) is 102 cm³/mol. The van der Waals surface area contributed by atoms with Crippen molar-refractivity contribution in [1.82, 2.24) is 0 Å². The molecule has 0 atom stereocenters. The van der Waals surface area contributed by atoms with Crippen molar-refractivity contribution in [2.24, 2.45) is 0 Å². The number of anilines is 1. The fourth-order valence-electron chi connectivity index (χ4n) is 2.16. The summed E-state index contributed by atoms with van der Waals surface area (Å²) in [6.45, 7) is 4.94. The molecule has 0 radical (unpaired) electrons. The van der Waals surface area contributed by atoms with Crippen molar-refractivity contribution in [2.75, 3.05) is 18.5 Å². The number of nitrogens with one attached hydrogen (secondary N) is 1. The van der Waals surface area contributed by atoms with Gasteiger partial charge in [0.1, 0.15) is 0 Å². The monoisotopic (exact) mass is 381 g/mol. The van der Waals surface area contributed by atoms with Crippen molar-refractivity contribution < 1.29 is 14.3 Å². The Bertz CT molecular complexity index is 717. The fraction of sp³-hybridized carbons (Fsp3) is 0.316. The first kappa shape index (κ1) is 19.4. The molecule has 0 unspecified atom stereocenters. The SMILES string of the molecule is CCCCOc1c(Cl)cc(C(=O)Nc2ccc(Cl)cc2)cc1OCC. The van der Waals surface area contributed by atoms with Crippen molar-refractivity contribution >= 4 is 34.8 Å². The Labute approximate surface area is 158 Å². The lowest BCUT2D eigenvalue weighted by atomic mass is 10.1. The summed E-state index contributed by atoms with van der Waals surface area (Å²) in [7, 11) is 0. The van der Waals surface area contributed by atoms with Gasteiger partial charge in [-0.3, -0.25) is 4.79 Å². The largest absolute Gasteiger partial charge is 0.490 e. The molecule has 0 aromatic heterocycles. The Morgan fingerprint density at radius 2 is 1.80 bits per heavy atom. The van der Waals surface area contributed by atoms with Crippen molar-refractivity contribution in [2.45, 2.75) is 26.7 Å². The Morgan fingerprint density at radius 1 is 1.08 bits per heavy atom. The Kier molecular flexibility index (Phi) is 7.41. The first-order valence-corrected chi connectivity index (χ1v) is 8.96. The molecule has 6 heteroatoms. The van der Waals surface area contributed by atoms with Gasteiger partial charge in [0.25, 0.3) is 5.91 Å². The first-order valence-electron chi connectivity index (χ1n) is 8.21. The molecule has 1 amide bonds. The van der Waals surface area contributed by atoms with Gasteiger partial charge >= 0.3 is 0 Å². The van der Waals surface area contributed by atoms with E-state index in [1.54, 1.807) is 36.4 Å². The molecular weight excluding hydrogens is 361 g/mol. The number of ether oxygens (including phenoxy) is 2. The van der Waals surface area contributed by atoms with E-state index in [1.165, 1.54) is 0 Å². The maximum absolute atomic E-state index is 12.5. The normalized spacial score (nSPS) is 10.4. The van der Waals surface area contributed by atoms with Crippen LogP contribution in [0.1, 0.15) is 37.0 Å². The van der Waals surface area contributed by atoms with E-state index in [9.17, 15) is 4.79 Å². The molecule has 0 aliphatic carbocycles. The van der Waals surface area contributed by atoms with Gasteiger partial charge in [0, 0.05) is 16.3 Å². The maximum Gasteiger partial charge on any atom is 0.255 e. The molecule has 2 rings (SSSR count). The van der Waals surface area contributed by atoms with Crippen LogP contribution < -0.4 is 14.8 Å².